The summed E-state index contributed by atoms with van der Waals surface area (Å²) in [5.74, 6) is 2.19. The third-order valence-corrected chi connectivity index (χ3v) is 3.96. The smallest absolute Gasteiger partial charge is 0.223 e. The quantitative estimate of drug-likeness (QED) is 0.636. The van der Waals surface area contributed by atoms with Gasteiger partial charge in [-0.05, 0) is 43.9 Å². The van der Waals surface area contributed by atoms with Gasteiger partial charge in [0.1, 0.15) is 0 Å². The van der Waals surface area contributed by atoms with Crippen LogP contribution in [0.2, 0.25) is 0 Å². The number of carbonyl (C=O) groups excluding carboxylic acids is 1. The molecule has 2 N–H and O–H groups in total. The van der Waals surface area contributed by atoms with E-state index in [0.29, 0.717) is 5.92 Å². The van der Waals surface area contributed by atoms with Crippen LogP contribution in [0.1, 0.15) is 26.2 Å². The van der Waals surface area contributed by atoms with Crippen LogP contribution in [0.4, 0.5) is 0 Å². The van der Waals surface area contributed by atoms with Gasteiger partial charge in [-0.25, -0.2) is 0 Å². The lowest BCUT2D eigenvalue weighted by Crippen LogP contribution is -2.49. The minimum absolute atomic E-state index is 0.174. The van der Waals surface area contributed by atoms with Crippen LogP contribution in [0.3, 0.4) is 0 Å². The second kappa shape index (κ2) is 7.96. The summed E-state index contributed by atoms with van der Waals surface area (Å²) in [5, 5.41) is 6.24. The molecule has 1 saturated heterocycles. The third-order valence-electron chi connectivity index (χ3n) is 3.26. The van der Waals surface area contributed by atoms with Crippen molar-refractivity contribution in [3.63, 3.8) is 0 Å². The van der Waals surface area contributed by atoms with Crippen molar-refractivity contribution in [2.75, 3.05) is 31.6 Å². The number of unbranched alkanes of at least 4 members (excludes halogenated alkanes) is 2. The van der Waals surface area contributed by atoms with Crippen LogP contribution < -0.4 is 10.6 Å². The average molecular weight is 244 g/mol. The molecule has 0 saturated carbocycles. The van der Waals surface area contributed by atoms with E-state index in [1.165, 1.54) is 18.6 Å². The lowest BCUT2D eigenvalue weighted by atomic mass is 9.88. The summed E-state index contributed by atoms with van der Waals surface area (Å²) < 4.78 is 0. The monoisotopic (exact) mass is 244 g/mol. The summed E-state index contributed by atoms with van der Waals surface area (Å²) in [4.78, 5) is 11.7. The molecule has 0 aromatic carbocycles. The molecule has 0 spiro atoms. The number of amides is 1. The van der Waals surface area contributed by atoms with Gasteiger partial charge in [-0.2, -0.15) is 11.8 Å². The summed E-state index contributed by atoms with van der Waals surface area (Å²) in [6.45, 7) is 4.89. The van der Waals surface area contributed by atoms with Gasteiger partial charge in [0.05, 0.1) is 0 Å². The Balaban J connectivity index is 1.97. The first-order valence-corrected chi connectivity index (χ1v) is 7.62. The Labute approximate surface area is 103 Å². The Morgan fingerprint density at radius 2 is 2.19 bits per heavy atom. The van der Waals surface area contributed by atoms with E-state index in [9.17, 15) is 4.79 Å². The molecule has 1 rings (SSSR count). The summed E-state index contributed by atoms with van der Waals surface area (Å²) in [7, 11) is 0. The first-order chi connectivity index (χ1) is 7.75. The van der Waals surface area contributed by atoms with E-state index in [1.807, 2.05) is 18.7 Å². The second-order valence-electron chi connectivity index (χ2n) is 4.55. The lowest BCUT2D eigenvalue weighted by molar-refractivity contribution is -0.126. The van der Waals surface area contributed by atoms with Crippen LogP contribution in [0.25, 0.3) is 0 Å². The van der Waals surface area contributed by atoms with Crippen LogP contribution in [-0.4, -0.2) is 37.6 Å². The molecule has 1 heterocycles. The Morgan fingerprint density at radius 1 is 1.44 bits per heavy atom. The van der Waals surface area contributed by atoms with Crippen molar-refractivity contribution in [2.24, 2.45) is 11.8 Å². The molecule has 1 fully saturated rings. The predicted molar refractivity (Wildman–Crippen MR) is 70.8 cm³/mol. The fourth-order valence-corrected chi connectivity index (χ4v) is 2.29. The molecule has 0 aliphatic carbocycles. The second-order valence-corrected chi connectivity index (χ2v) is 5.54. The average Bonchev–Trinajstić information content (AvgIpc) is 2.20. The van der Waals surface area contributed by atoms with Gasteiger partial charge < -0.3 is 10.6 Å². The molecule has 1 atom stereocenters. The highest BCUT2D eigenvalue weighted by Gasteiger charge is 2.28. The van der Waals surface area contributed by atoms with E-state index in [-0.39, 0.29) is 11.8 Å². The topological polar surface area (TPSA) is 41.1 Å². The highest BCUT2D eigenvalue weighted by atomic mass is 32.2. The Kier molecular flexibility index (Phi) is 6.88. The van der Waals surface area contributed by atoms with Crippen molar-refractivity contribution in [3.8, 4) is 0 Å². The van der Waals surface area contributed by atoms with Gasteiger partial charge in [-0.15, -0.1) is 0 Å². The Hall–Kier alpha value is -0.220. The zero-order valence-corrected chi connectivity index (χ0v) is 11.2. The first kappa shape index (κ1) is 13.8. The maximum Gasteiger partial charge on any atom is 0.223 e. The van der Waals surface area contributed by atoms with Gasteiger partial charge in [-0.1, -0.05) is 13.3 Å². The Bertz CT molecular complexity index is 207. The number of carbonyl (C=O) groups is 1. The molecular weight excluding hydrogens is 220 g/mol. The van der Waals surface area contributed by atoms with Crippen LogP contribution >= 0.6 is 11.8 Å². The largest absolute Gasteiger partial charge is 0.356 e. The minimum atomic E-state index is 0.174. The van der Waals surface area contributed by atoms with Crippen molar-refractivity contribution < 1.29 is 4.79 Å². The Morgan fingerprint density at radius 3 is 2.75 bits per heavy atom. The number of rotatable bonds is 8. The maximum absolute atomic E-state index is 11.7. The van der Waals surface area contributed by atoms with E-state index in [2.05, 4.69) is 16.9 Å². The maximum atomic E-state index is 11.7. The molecule has 0 radical (unpaired) electrons. The van der Waals surface area contributed by atoms with Crippen molar-refractivity contribution >= 4 is 17.7 Å². The van der Waals surface area contributed by atoms with Gasteiger partial charge >= 0.3 is 0 Å². The summed E-state index contributed by atoms with van der Waals surface area (Å²) >= 11 is 1.89. The third kappa shape index (κ3) is 4.74. The fraction of sp³-hybridized carbons (Fsp3) is 0.917. The van der Waals surface area contributed by atoms with E-state index < -0.39 is 0 Å². The van der Waals surface area contributed by atoms with Crippen LogP contribution in [0, 0.1) is 11.8 Å². The molecule has 1 amide bonds. The van der Waals surface area contributed by atoms with Gasteiger partial charge in [0.15, 0.2) is 0 Å². The first-order valence-electron chi connectivity index (χ1n) is 6.23. The molecule has 16 heavy (non-hydrogen) atoms. The minimum Gasteiger partial charge on any atom is -0.356 e. The zero-order valence-electron chi connectivity index (χ0n) is 10.4. The predicted octanol–water partition coefficient (Wildman–Crippen LogP) is 1.49. The summed E-state index contributed by atoms with van der Waals surface area (Å²) in [6, 6.07) is 0. The van der Waals surface area contributed by atoms with Gasteiger partial charge in [-0.3, -0.25) is 4.79 Å². The highest BCUT2D eigenvalue weighted by Crippen LogP contribution is 2.15. The number of hydrogen-bond donors (Lipinski definition) is 2. The van der Waals surface area contributed by atoms with Crippen LogP contribution in [0.5, 0.6) is 0 Å². The number of hydrogen-bond acceptors (Lipinski definition) is 3. The highest BCUT2D eigenvalue weighted by molar-refractivity contribution is 7.98. The van der Waals surface area contributed by atoms with Gasteiger partial charge in [0.2, 0.25) is 5.91 Å². The number of nitrogens with one attached hydrogen (secondary N) is 2. The zero-order chi connectivity index (χ0) is 11.8. The van der Waals surface area contributed by atoms with Crippen molar-refractivity contribution in [1.29, 1.82) is 0 Å². The van der Waals surface area contributed by atoms with E-state index >= 15 is 0 Å². The van der Waals surface area contributed by atoms with E-state index in [1.54, 1.807) is 0 Å². The molecule has 1 aliphatic rings. The summed E-state index contributed by atoms with van der Waals surface area (Å²) in [6.07, 6.45) is 5.73. The van der Waals surface area contributed by atoms with Crippen molar-refractivity contribution in [2.45, 2.75) is 26.2 Å². The molecule has 0 bridgehead atoms. The molecule has 0 aromatic rings. The molecular formula is C12H24N2OS. The standard InChI is InChI=1S/C12H24N2OS/c1-10(11-8-13-9-11)12(15)14-6-4-3-5-7-16-2/h10-11,13H,3-9H2,1-2H3,(H,14,15). The molecule has 1 unspecified atom stereocenters. The van der Waals surface area contributed by atoms with Crippen LogP contribution in [-0.2, 0) is 4.79 Å². The SMILES string of the molecule is CSCCCCCNC(=O)C(C)C1CNC1. The van der Waals surface area contributed by atoms with Crippen LogP contribution in [0.15, 0.2) is 0 Å². The molecule has 3 nitrogen and oxygen atoms in total. The molecule has 94 valence electrons. The molecule has 4 heteroatoms. The normalized spacial score (nSPS) is 17.9. The lowest BCUT2D eigenvalue weighted by Gasteiger charge is -2.31. The van der Waals surface area contributed by atoms with Gasteiger partial charge in [0.25, 0.3) is 0 Å². The molecule has 1 aliphatic heterocycles. The molecule has 0 aromatic heterocycles. The van der Waals surface area contributed by atoms with E-state index in [4.69, 9.17) is 0 Å². The van der Waals surface area contributed by atoms with Gasteiger partial charge in [0, 0.05) is 12.5 Å². The number of thioether (sulfide) groups is 1. The van der Waals surface area contributed by atoms with Crippen molar-refractivity contribution in [3.05, 3.63) is 0 Å². The van der Waals surface area contributed by atoms with Crippen molar-refractivity contribution in [1.82, 2.24) is 10.6 Å². The van der Waals surface area contributed by atoms with E-state index in [0.717, 1.165) is 26.1 Å². The fourth-order valence-electron chi connectivity index (χ4n) is 1.80. The summed E-state index contributed by atoms with van der Waals surface area (Å²) in [5.41, 5.74) is 0.